The van der Waals surface area contributed by atoms with E-state index in [0.717, 1.165) is 34.1 Å². The Bertz CT molecular complexity index is 747. The van der Waals surface area contributed by atoms with Crippen LogP contribution >= 0.6 is 23.2 Å². The van der Waals surface area contributed by atoms with Crippen LogP contribution in [0, 0.1) is 0 Å². The zero-order valence-electron chi connectivity index (χ0n) is 12.5. The third-order valence-electron chi connectivity index (χ3n) is 4.13. The average Bonchev–Trinajstić information content (AvgIpc) is 2.47. The van der Waals surface area contributed by atoms with Gasteiger partial charge in [0.05, 0.1) is 0 Å². The van der Waals surface area contributed by atoms with Gasteiger partial charge in [-0.25, -0.2) is 0 Å². The lowest BCUT2D eigenvalue weighted by atomic mass is 9.85. The normalized spacial score (nSPS) is 19.7. The summed E-state index contributed by atoms with van der Waals surface area (Å²) >= 11 is 12.6. The molecule has 0 amide bonds. The molecule has 2 aromatic carbocycles. The van der Waals surface area contributed by atoms with E-state index in [1.165, 1.54) is 5.56 Å². The fourth-order valence-corrected chi connectivity index (χ4v) is 4.26. The first kappa shape index (κ1) is 16.0. The highest BCUT2D eigenvalue weighted by Gasteiger charge is 2.27. The van der Waals surface area contributed by atoms with Gasteiger partial charge in [-0.2, -0.15) is 0 Å². The number of halogens is 2. The minimum atomic E-state index is -1.34. The van der Waals surface area contributed by atoms with Crippen molar-refractivity contribution in [2.75, 3.05) is 19.8 Å². The van der Waals surface area contributed by atoms with Gasteiger partial charge in [0.15, 0.2) is 4.90 Å². The largest absolute Gasteiger partial charge is 0.301 e. The first-order valence-electron chi connectivity index (χ1n) is 7.13. The number of thiol groups is 1. The van der Waals surface area contributed by atoms with E-state index < -0.39 is 10.8 Å². The quantitative estimate of drug-likeness (QED) is 0.593. The molecule has 2 nitrogen and oxygen atoms in total. The van der Waals surface area contributed by atoms with Crippen LogP contribution < -0.4 is 0 Å². The molecule has 3 rings (SSSR count). The maximum absolute atomic E-state index is 11.8. The molecule has 1 heterocycles. The fraction of sp³-hybridized carbons (Fsp3) is 0.294. The van der Waals surface area contributed by atoms with Crippen LogP contribution in [0.15, 0.2) is 41.3 Å². The molecule has 2 atom stereocenters. The number of fused-ring (bicyclic) bond motifs is 1. The fourth-order valence-electron chi connectivity index (χ4n) is 3.07. The van der Waals surface area contributed by atoms with E-state index in [1.807, 2.05) is 24.3 Å². The minimum absolute atomic E-state index is 0.194. The molecule has 0 spiro atoms. The summed E-state index contributed by atoms with van der Waals surface area (Å²) in [5.41, 5.74) is 3.48. The number of rotatable bonds is 2. The summed E-state index contributed by atoms with van der Waals surface area (Å²) in [5, 5.41) is 1.38. The molecule has 0 aliphatic carbocycles. The Morgan fingerprint density at radius 3 is 2.73 bits per heavy atom. The van der Waals surface area contributed by atoms with E-state index in [-0.39, 0.29) is 5.92 Å². The SMILES string of the molecule is CN1Cc2c(Cl)cc(Cl)cc2C(c2cccc([SH+](C)=O)c2)C1. The zero-order chi connectivity index (χ0) is 15.9. The molecule has 0 N–H and O–H groups in total. The summed E-state index contributed by atoms with van der Waals surface area (Å²) in [5.74, 6) is 0.194. The highest BCUT2D eigenvalue weighted by molar-refractivity contribution is 7.84. The van der Waals surface area contributed by atoms with E-state index in [9.17, 15) is 4.21 Å². The van der Waals surface area contributed by atoms with Gasteiger partial charge in [-0.3, -0.25) is 0 Å². The average molecular weight is 355 g/mol. The van der Waals surface area contributed by atoms with Crippen molar-refractivity contribution >= 4 is 34.0 Å². The van der Waals surface area contributed by atoms with Crippen molar-refractivity contribution in [3.05, 3.63) is 63.1 Å². The summed E-state index contributed by atoms with van der Waals surface area (Å²) in [6.45, 7) is 1.72. The van der Waals surface area contributed by atoms with Crippen LogP contribution in [0.2, 0.25) is 10.0 Å². The number of nitrogens with zero attached hydrogens (tertiary/aromatic N) is 1. The molecule has 0 saturated heterocycles. The molecule has 2 aromatic rings. The van der Waals surface area contributed by atoms with Crippen LogP contribution in [-0.4, -0.2) is 24.7 Å². The van der Waals surface area contributed by atoms with E-state index in [1.54, 1.807) is 12.3 Å². The molecule has 0 saturated carbocycles. The van der Waals surface area contributed by atoms with Gasteiger partial charge < -0.3 is 4.90 Å². The van der Waals surface area contributed by atoms with Crippen LogP contribution in [0.25, 0.3) is 0 Å². The van der Waals surface area contributed by atoms with E-state index in [4.69, 9.17) is 23.2 Å². The lowest BCUT2D eigenvalue weighted by molar-refractivity contribution is 0.295. The first-order chi connectivity index (χ1) is 10.5. The highest BCUT2D eigenvalue weighted by Crippen LogP contribution is 2.38. The van der Waals surface area contributed by atoms with E-state index in [0.29, 0.717) is 5.02 Å². The highest BCUT2D eigenvalue weighted by atomic mass is 35.5. The monoisotopic (exact) mass is 354 g/mol. The van der Waals surface area contributed by atoms with Crippen LogP contribution in [0.5, 0.6) is 0 Å². The molecule has 0 fully saturated rings. The van der Waals surface area contributed by atoms with Gasteiger partial charge in [0.1, 0.15) is 17.1 Å². The molecule has 0 aromatic heterocycles. The zero-order valence-corrected chi connectivity index (χ0v) is 14.9. The van der Waals surface area contributed by atoms with E-state index in [2.05, 4.69) is 18.0 Å². The molecule has 22 heavy (non-hydrogen) atoms. The van der Waals surface area contributed by atoms with Crippen molar-refractivity contribution in [2.45, 2.75) is 17.4 Å². The summed E-state index contributed by atoms with van der Waals surface area (Å²) in [6, 6.07) is 11.8. The van der Waals surface area contributed by atoms with Crippen molar-refractivity contribution in [1.29, 1.82) is 0 Å². The van der Waals surface area contributed by atoms with Crippen molar-refractivity contribution in [2.24, 2.45) is 0 Å². The van der Waals surface area contributed by atoms with Crippen molar-refractivity contribution in [1.82, 2.24) is 4.90 Å². The molecule has 1 aliphatic heterocycles. The number of likely N-dealkylation sites (N-methyl/N-ethyl adjacent to an activating group) is 1. The van der Waals surface area contributed by atoms with Gasteiger partial charge in [-0.15, -0.1) is 4.21 Å². The van der Waals surface area contributed by atoms with Crippen molar-refractivity contribution < 1.29 is 4.21 Å². The Kier molecular flexibility index (Phi) is 4.60. The molecule has 5 heteroatoms. The predicted molar refractivity (Wildman–Crippen MR) is 94.7 cm³/mol. The van der Waals surface area contributed by atoms with Gasteiger partial charge in [0.2, 0.25) is 0 Å². The maximum Gasteiger partial charge on any atom is 0.155 e. The third kappa shape index (κ3) is 3.09. The van der Waals surface area contributed by atoms with Gasteiger partial charge in [0, 0.05) is 29.1 Å². The topological polar surface area (TPSA) is 20.3 Å². The Labute approximate surface area is 143 Å². The summed E-state index contributed by atoms with van der Waals surface area (Å²) < 4.78 is 11.8. The van der Waals surface area contributed by atoms with Gasteiger partial charge in [-0.05, 0) is 48.0 Å². The van der Waals surface area contributed by atoms with Crippen LogP contribution in [-0.2, 0) is 21.6 Å². The number of hydrogen-bond donors (Lipinski definition) is 0. The second kappa shape index (κ2) is 6.32. The lowest BCUT2D eigenvalue weighted by Gasteiger charge is -2.33. The maximum atomic E-state index is 11.8. The Hall–Kier alpha value is -0.870. The lowest BCUT2D eigenvalue weighted by Crippen LogP contribution is -2.31. The van der Waals surface area contributed by atoms with Gasteiger partial charge in [0.25, 0.3) is 0 Å². The molecular weight excluding hydrogens is 337 g/mol. The Balaban J connectivity index is 2.13. The summed E-state index contributed by atoms with van der Waals surface area (Å²) in [4.78, 5) is 3.14. The molecule has 2 unspecified atom stereocenters. The standard InChI is InChI=1S/C17H17Cl2NOS/c1-20-9-15(11-4-3-5-13(6-11)22(2)21)14-7-12(18)8-17(19)16(14)10-20/h3-8,15H,9-10H2,1-2H3/p+1. The molecule has 1 aliphatic rings. The molecule has 0 radical (unpaired) electrons. The second-order valence-electron chi connectivity index (χ2n) is 5.80. The van der Waals surface area contributed by atoms with E-state index >= 15 is 0 Å². The molecule has 0 bridgehead atoms. The number of hydrogen-bond acceptors (Lipinski definition) is 2. The Morgan fingerprint density at radius 1 is 1.23 bits per heavy atom. The summed E-state index contributed by atoms with van der Waals surface area (Å²) in [6.07, 6.45) is 1.74. The van der Waals surface area contributed by atoms with Gasteiger partial charge >= 0.3 is 0 Å². The minimum Gasteiger partial charge on any atom is -0.301 e. The second-order valence-corrected chi connectivity index (χ2v) is 8.15. The van der Waals surface area contributed by atoms with Crippen molar-refractivity contribution in [3.8, 4) is 0 Å². The number of benzene rings is 2. The predicted octanol–water partition coefficient (Wildman–Crippen LogP) is 4.26. The summed E-state index contributed by atoms with van der Waals surface area (Å²) in [7, 11) is 0.749. The third-order valence-corrected chi connectivity index (χ3v) is 5.69. The van der Waals surface area contributed by atoms with Crippen LogP contribution in [0.4, 0.5) is 0 Å². The molecule has 116 valence electrons. The van der Waals surface area contributed by atoms with Crippen LogP contribution in [0.1, 0.15) is 22.6 Å². The molecular formula is C17H18Cl2NOS+. The smallest absolute Gasteiger partial charge is 0.155 e. The Morgan fingerprint density at radius 2 is 2.00 bits per heavy atom. The first-order valence-corrected chi connectivity index (χ1v) is 9.59. The van der Waals surface area contributed by atoms with Gasteiger partial charge in [-0.1, -0.05) is 35.3 Å². The van der Waals surface area contributed by atoms with Crippen LogP contribution in [0.3, 0.4) is 0 Å². The van der Waals surface area contributed by atoms with Crippen molar-refractivity contribution in [3.63, 3.8) is 0 Å².